The van der Waals surface area contributed by atoms with E-state index in [1.165, 1.54) is 12.3 Å². The number of nitrogens with one attached hydrogen (secondary N) is 1. The van der Waals surface area contributed by atoms with Crippen LogP contribution in [0.25, 0.3) is 0 Å². The highest BCUT2D eigenvalue weighted by atomic mass is 19.1. The van der Waals surface area contributed by atoms with Gasteiger partial charge in [-0.2, -0.15) is 0 Å². The van der Waals surface area contributed by atoms with Crippen molar-refractivity contribution in [3.8, 4) is 0 Å². The third-order valence-electron chi connectivity index (χ3n) is 2.39. The Labute approximate surface area is 92.3 Å². The molecule has 0 aliphatic rings. The highest BCUT2D eigenvalue weighted by Crippen LogP contribution is 2.19. The third-order valence-corrected chi connectivity index (χ3v) is 2.39. The van der Waals surface area contributed by atoms with Crippen molar-refractivity contribution in [2.45, 2.75) is 6.04 Å². The van der Waals surface area contributed by atoms with E-state index in [0.717, 1.165) is 11.3 Å². The SMILES string of the molecule is CNC(c1cncc(F)c1)c1cnnn1C. The van der Waals surface area contributed by atoms with Gasteiger partial charge in [-0.1, -0.05) is 5.21 Å². The monoisotopic (exact) mass is 221 g/mol. The Kier molecular flexibility index (Phi) is 2.91. The fraction of sp³-hybridized carbons (Fsp3) is 0.300. The van der Waals surface area contributed by atoms with Gasteiger partial charge in [0.15, 0.2) is 0 Å². The van der Waals surface area contributed by atoms with Crippen molar-refractivity contribution in [3.05, 3.63) is 41.7 Å². The van der Waals surface area contributed by atoms with Crippen molar-refractivity contribution in [2.24, 2.45) is 7.05 Å². The summed E-state index contributed by atoms with van der Waals surface area (Å²) < 4.78 is 14.7. The minimum atomic E-state index is -0.354. The summed E-state index contributed by atoms with van der Waals surface area (Å²) in [5, 5.41) is 10.7. The number of aryl methyl sites for hydroxylation is 1. The van der Waals surface area contributed by atoms with Crippen LogP contribution in [0, 0.1) is 5.82 Å². The molecule has 0 saturated carbocycles. The van der Waals surface area contributed by atoms with Crippen LogP contribution in [-0.2, 0) is 7.05 Å². The van der Waals surface area contributed by atoms with Crippen LogP contribution < -0.4 is 5.32 Å². The molecular formula is C10H12FN5. The van der Waals surface area contributed by atoms with Crippen LogP contribution in [0.1, 0.15) is 17.3 Å². The first-order valence-electron chi connectivity index (χ1n) is 4.84. The Morgan fingerprint density at radius 1 is 1.38 bits per heavy atom. The molecule has 0 aliphatic heterocycles. The summed E-state index contributed by atoms with van der Waals surface area (Å²) >= 11 is 0. The van der Waals surface area contributed by atoms with Crippen LogP contribution in [0.4, 0.5) is 4.39 Å². The van der Waals surface area contributed by atoms with Crippen LogP contribution in [0.5, 0.6) is 0 Å². The van der Waals surface area contributed by atoms with E-state index in [0.29, 0.717) is 0 Å². The van der Waals surface area contributed by atoms with Gasteiger partial charge in [0.2, 0.25) is 0 Å². The summed E-state index contributed by atoms with van der Waals surface area (Å²) in [6, 6.07) is 1.28. The van der Waals surface area contributed by atoms with Gasteiger partial charge < -0.3 is 5.32 Å². The summed E-state index contributed by atoms with van der Waals surface area (Å²) in [6.07, 6.45) is 4.45. The minimum absolute atomic E-state index is 0.164. The molecule has 0 spiro atoms. The first-order chi connectivity index (χ1) is 7.72. The molecule has 0 aromatic carbocycles. The first kappa shape index (κ1) is 10.7. The van der Waals surface area contributed by atoms with E-state index in [9.17, 15) is 4.39 Å². The van der Waals surface area contributed by atoms with Crippen molar-refractivity contribution in [1.29, 1.82) is 0 Å². The van der Waals surface area contributed by atoms with Gasteiger partial charge >= 0.3 is 0 Å². The lowest BCUT2D eigenvalue weighted by Gasteiger charge is -2.15. The molecule has 84 valence electrons. The van der Waals surface area contributed by atoms with Gasteiger partial charge in [-0.3, -0.25) is 9.67 Å². The molecule has 0 amide bonds. The van der Waals surface area contributed by atoms with Crippen LogP contribution in [0.15, 0.2) is 24.7 Å². The minimum Gasteiger partial charge on any atom is -0.308 e. The van der Waals surface area contributed by atoms with Gasteiger partial charge in [-0.15, -0.1) is 5.10 Å². The van der Waals surface area contributed by atoms with Crippen LogP contribution in [0.2, 0.25) is 0 Å². The second-order valence-corrected chi connectivity index (χ2v) is 3.44. The molecule has 0 fully saturated rings. The first-order valence-corrected chi connectivity index (χ1v) is 4.84. The topological polar surface area (TPSA) is 55.6 Å². The van der Waals surface area contributed by atoms with Gasteiger partial charge in [-0.05, 0) is 18.7 Å². The summed E-state index contributed by atoms with van der Waals surface area (Å²) in [5.41, 5.74) is 1.60. The smallest absolute Gasteiger partial charge is 0.141 e. The standard InChI is InChI=1S/C10H12FN5/c1-12-10(9-6-14-15-16(9)2)7-3-8(11)5-13-4-7/h3-6,10,12H,1-2H3. The molecule has 0 aliphatic carbocycles. The van der Waals surface area contributed by atoms with Crippen molar-refractivity contribution >= 4 is 0 Å². The summed E-state index contributed by atoms with van der Waals surface area (Å²) in [7, 11) is 3.59. The summed E-state index contributed by atoms with van der Waals surface area (Å²) in [6.45, 7) is 0. The van der Waals surface area contributed by atoms with Gasteiger partial charge in [0, 0.05) is 13.2 Å². The van der Waals surface area contributed by atoms with E-state index in [-0.39, 0.29) is 11.9 Å². The van der Waals surface area contributed by atoms with Crippen LogP contribution in [-0.4, -0.2) is 27.0 Å². The lowest BCUT2D eigenvalue weighted by atomic mass is 10.1. The molecule has 0 bridgehead atoms. The summed E-state index contributed by atoms with van der Waals surface area (Å²) in [5.74, 6) is -0.354. The van der Waals surface area contributed by atoms with E-state index in [4.69, 9.17) is 0 Å². The molecular weight excluding hydrogens is 209 g/mol. The molecule has 0 saturated heterocycles. The number of rotatable bonds is 3. The fourth-order valence-corrected chi connectivity index (χ4v) is 1.63. The van der Waals surface area contributed by atoms with Gasteiger partial charge in [0.1, 0.15) is 5.82 Å². The number of pyridine rings is 1. The molecule has 6 heteroatoms. The fourth-order valence-electron chi connectivity index (χ4n) is 1.63. The second-order valence-electron chi connectivity index (χ2n) is 3.44. The zero-order chi connectivity index (χ0) is 11.5. The Morgan fingerprint density at radius 3 is 2.75 bits per heavy atom. The Bertz CT molecular complexity index is 482. The van der Waals surface area contributed by atoms with Crippen molar-refractivity contribution in [1.82, 2.24) is 25.3 Å². The Morgan fingerprint density at radius 2 is 2.19 bits per heavy atom. The van der Waals surface area contributed by atoms with E-state index < -0.39 is 0 Å². The second kappa shape index (κ2) is 4.36. The highest BCUT2D eigenvalue weighted by molar-refractivity contribution is 5.23. The van der Waals surface area contributed by atoms with Gasteiger partial charge in [0.05, 0.1) is 24.1 Å². The molecule has 1 N–H and O–H groups in total. The zero-order valence-electron chi connectivity index (χ0n) is 9.05. The number of aromatic nitrogens is 4. The Hall–Kier alpha value is -1.82. The molecule has 0 radical (unpaired) electrons. The van der Waals surface area contributed by atoms with E-state index in [2.05, 4.69) is 20.6 Å². The molecule has 2 aromatic heterocycles. The van der Waals surface area contributed by atoms with Gasteiger partial charge in [-0.25, -0.2) is 4.39 Å². The number of nitrogens with zero attached hydrogens (tertiary/aromatic N) is 4. The van der Waals surface area contributed by atoms with E-state index >= 15 is 0 Å². The Balaban J connectivity index is 2.40. The molecule has 5 nitrogen and oxygen atoms in total. The van der Waals surface area contributed by atoms with E-state index in [1.54, 1.807) is 31.2 Å². The summed E-state index contributed by atoms with van der Waals surface area (Å²) in [4.78, 5) is 3.83. The zero-order valence-corrected chi connectivity index (χ0v) is 9.05. The third kappa shape index (κ3) is 1.92. The molecule has 1 atom stereocenters. The van der Waals surface area contributed by atoms with Crippen molar-refractivity contribution in [3.63, 3.8) is 0 Å². The lowest BCUT2D eigenvalue weighted by Crippen LogP contribution is -2.20. The lowest BCUT2D eigenvalue weighted by molar-refractivity contribution is 0.582. The van der Waals surface area contributed by atoms with E-state index in [1.807, 2.05) is 0 Å². The average molecular weight is 221 g/mol. The van der Waals surface area contributed by atoms with Crippen LogP contribution >= 0.6 is 0 Å². The highest BCUT2D eigenvalue weighted by Gasteiger charge is 2.16. The molecule has 16 heavy (non-hydrogen) atoms. The maximum atomic E-state index is 13.1. The molecule has 2 rings (SSSR count). The van der Waals surface area contributed by atoms with Crippen LogP contribution in [0.3, 0.4) is 0 Å². The quantitative estimate of drug-likeness (QED) is 0.827. The molecule has 2 aromatic rings. The number of hydrogen-bond donors (Lipinski definition) is 1. The van der Waals surface area contributed by atoms with Crippen molar-refractivity contribution in [2.75, 3.05) is 7.05 Å². The predicted molar refractivity (Wildman–Crippen MR) is 56.1 cm³/mol. The maximum absolute atomic E-state index is 13.1. The molecule has 2 heterocycles. The number of hydrogen-bond acceptors (Lipinski definition) is 4. The van der Waals surface area contributed by atoms with Gasteiger partial charge in [0.25, 0.3) is 0 Å². The predicted octanol–water partition coefficient (Wildman–Crippen LogP) is 0.658. The average Bonchev–Trinajstić information content (AvgIpc) is 2.67. The number of halogens is 1. The normalized spacial score (nSPS) is 12.7. The molecule has 1 unspecified atom stereocenters. The van der Waals surface area contributed by atoms with Crippen molar-refractivity contribution < 1.29 is 4.39 Å². The largest absolute Gasteiger partial charge is 0.308 e. The maximum Gasteiger partial charge on any atom is 0.141 e.